The summed E-state index contributed by atoms with van der Waals surface area (Å²) in [4.78, 5) is 52.6. The van der Waals surface area contributed by atoms with Gasteiger partial charge in [0.2, 0.25) is 5.91 Å². The molecule has 2 aliphatic rings. The fraction of sp³-hybridized carbons (Fsp3) is 0.0800. The fourth-order valence-corrected chi connectivity index (χ4v) is 3.86. The highest BCUT2D eigenvalue weighted by Gasteiger charge is 2.40. The standard InChI is InChI=1S/C25H18N4O4/c1-15-10-12-16(13-11-15)26-21(30)14-28-20-9-5-4-8-19(20)22(25(28)33)27-29-23(31)17-6-2-3-7-18(17)24(29)32/h2-13H,14H2,1H3,(H,26,30). The molecule has 0 unspecified atom stereocenters. The zero-order valence-electron chi connectivity index (χ0n) is 17.6. The fourth-order valence-electron chi connectivity index (χ4n) is 3.86. The van der Waals surface area contributed by atoms with Gasteiger partial charge in [0.25, 0.3) is 17.7 Å². The first kappa shape index (κ1) is 20.3. The van der Waals surface area contributed by atoms with E-state index in [-0.39, 0.29) is 29.3 Å². The molecule has 0 saturated heterocycles. The number of anilines is 2. The van der Waals surface area contributed by atoms with Gasteiger partial charge in [-0.1, -0.05) is 48.0 Å². The van der Waals surface area contributed by atoms with E-state index in [4.69, 9.17) is 0 Å². The molecule has 1 N–H and O–H groups in total. The number of aryl methyl sites for hydroxylation is 1. The molecule has 0 bridgehead atoms. The molecule has 0 atom stereocenters. The summed E-state index contributed by atoms with van der Waals surface area (Å²) in [5.74, 6) is -2.14. The van der Waals surface area contributed by atoms with E-state index in [2.05, 4.69) is 10.4 Å². The van der Waals surface area contributed by atoms with Gasteiger partial charge in [0.15, 0.2) is 5.71 Å². The Bertz CT molecular complexity index is 1330. The number of imide groups is 1. The van der Waals surface area contributed by atoms with Gasteiger partial charge in [-0.15, -0.1) is 0 Å². The third-order valence-corrected chi connectivity index (χ3v) is 5.51. The highest BCUT2D eigenvalue weighted by molar-refractivity contribution is 6.55. The SMILES string of the molecule is Cc1ccc(NC(=O)CN2C(=O)C(=NN3C(=O)c4ccccc4C3=O)c3ccccc32)cc1. The minimum atomic E-state index is -0.594. The zero-order valence-corrected chi connectivity index (χ0v) is 17.6. The number of rotatable bonds is 4. The number of fused-ring (bicyclic) bond motifs is 2. The molecule has 5 rings (SSSR count). The van der Waals surface area contributed by atoms with Gasteiger partial charge in [0.1, 0.15) is 6.54 Å². The van der Waals surface area contributed by atoms with Crippen LogP contribution >= 0.6 is 0 Å². The van der Waals surface area contributed by atoms with Crippen LogP contribution in [0.1, 0.15) is 31.8 Å². The van der Waals surface area contributed by atoms with Gasteiger partial charge in [0.05, 0.1) is 16.8 Å². The number of nitrogens with one attached hydrogen (secondary N) is 1. The van der Waals surface area contributed by atoms with Crippen LogP contribution in [0.25, 0.3) is 0 Å². The van der Waals surface area contributed by atoms with E-state index in [1.165, 1.54) is 4.90 Å². The predicted molar refractivity (Wildman–Crippen MR) is 122 cm³/mol. The van der Waals surface area contributed by atoms with Crippen molar-refractivity contribution in [1.82, 2.24) is 5.01 Å². The second-order valence-corrected chi connectivity index (χ2v) is 7.74. The maximum Gasteiger partial charge on any atom is 0.282 e. The van der Waals surface area contributed by atoms with Crippen LogP contribution in [0.4, 0.5) is 11.4 Å². The number of amides is 4. The van der Waals surface area contributed by atoms with Crippen LogP contribution in [0.5, 0.6) is 0 Å². The van der Waals surface area contributed by atoms with E-state index in [1.54, 1.807) is 60.7 Å². The lowest BCUT2D eigenvalue weighted by atomic mass is 10.1. The Kier molecular flexibility index (Phi) is 4.82. The van der Waals surface area contributed by atoms with E-state index >= 15 is 0 Å². The first-order chi connectivity index (χ1) is 15.9. The van der Waals surface area contributed by atoms with Gasteiger partial charge in [0, 0.05) is 11.3 Å². The Balaban J connectivity index is 1.43. The molecule has 0 spiro atoms. The van der Waals surface area contributed by atoms with Crippen molar-refractivity contribution in [1.29, 1.82) is 0 Å². The molecule has 2 aliphatic heterocycles. The molecular formula is C25H18N4O4. The largest absolute Gasteiger partial charge is 0.325 e. The van der Waals surface area contributed by atoms with Gasteiger partial charge in [-0.2, -0.15) is 10.1 Å². The maximum absolute atomic E-state index is 13.2. The van der Waals surface area contributed by atoms with Crippen molar-refractivity contribution >= 4 is 40.7 Å². The van der Waals surface area contributed by atoms with E-state index in [0.29, 0.717) is 21.9 Å². The van der Waals surface area contributed by atoms with Crippen molar-refractivity contribution in [2.75, 3.05) is 16.8 Å². The summed E-state index contributed by atoms with van der Waals surface area (Å²) in [5.41, 5.74) is 3.01. The predicted octanol–water partition coefficient (Wildman–Crippen LogP) is 2.98. The molecule has 0 saturated carbocycles. The van der Waals surface area contributed by atoms with Crippen molar-refractivity contribution in [3.63, 3.8) is 0 Å². The average molecular weight is 438 g/mol. The lowest BCUT2D eigenvalue weighted by Gasteiger charge is -2.16. The minimum absolute atomic E-state index is 0.0664. The van der Waals surface area contributed by atoms with Crippen molar-refractivity contribution in [3.8, 4) is 0 Å². The topological polar surface area (TPSA) is 99.2 Å². The molecule has 3 aromatic rings. The smallest absolute Gasteiger partial charge is 0.282 e. The third kappa shape index (κ3) is 3.47. The summed E-state index contributed by atoms with van der Waals surface area (Å²) >= 11 is 0. The Labute approximate surface area is 189 Å². The minimum Gasteiger partial charge on any atom is -0.325 e. The summed E-state index contributed by atoms with van der Waals surface area (Å²) in [6.45, 7) is 1.70. The van der Waals surface area contributed by atoms with Crippen LogP contribution in [0.15, 0.2) is 77.9 Å². The molecule has 8 heteroatoms. The number of carbonyl (C=O) groups excluding carboxylic acids is 4. The van der Waals surface area contributed by atoms with Gasteiger partial charge in [-0.25, -0.2) is 0 Å². The Morgan fingerprint density at radius 3 is 2.00 bits per heavy atom. The number of benzene rings is 3. The van der Waals surface area contributed by atoms with E-state index in [0.717, 1.165) is 5.56 Å². The molecule has 0 fully saturated rings. The van der Waals surface area contributed by atoms with Crippen molar-refractivity contribution in [2.45, 2.75) is 6.92 Å². The monoisotopic (exact) mass is 438 g/mol. The molecule has 8 nitrogen and oxygen atoms in total. The van der Waals surface area contributed by atoms with E-state index in [1.807, 2.05) is 19.1 Å². The normalized spacial score (nSPS) is 15.8. The number of carbonyl (C=O) groups is 4. The van der Waals surface area contributed by atoms with Crippen LogP contribution in [-0.2, 0) is 9.59 Å². The molecular weight excluding hydrogens is 420 g/mol. The summed E-state index contributed by atoms with van der Waals surface area (Å²) in [5, 5.41) is 7.64. The number of hydrogen-bond acceptors (Lipinski definition) is 5. The van der Waals surface area contributed by atoms with Crippen LogP contribution < -0.4 is 10.2 Å². The Morgan fingerprint density at radius 1 is 0.788 bits per heavy atom. The average Bonchev–Trinajstić information content (AvgIpc) is 3.22. The highest BCUT2D eigenvalue weighted by atomic mass is 16.2. The summed E-state index contributed by atoms with van der Waals surface area (Å²) in [7, 11) is 0. The van der Waals surface area contributed by atoms with Crippen molar-refractivity contribution in [3.05, 3.63) is 95.1 Å². The van der Waals surface area contributed by atoms with E-state index < -0.39 is 17.7 Å². The molecule has 0 aromatic heterocycles. The van der Waals surface area contributed by atoms with Gasteiger partial charge < -0.3 is 5.32 Å². The maximum atomic E-state index is 13.2. The molecule has 33 heavy (non-hydrogen) atoms. The molecule has 2 heterocycles. The summed E-state index contributed by atoms with van der Waals surface area (Å²) in [6.07, 6.45) is 0. The quantitative estimate of drug-likeness (QED) is 0.633. The first-order valence-corrected chi connectivity index (χ1v) is 10.3. The second kappa shape index (κ2) is 7.83. The summed E-state index contributed by atoms with van der Waals surface area (Å²) in [6, 6.07) is 20.5. The number of para-hydroxylation sites is 1. The third-order valence-electron chi connectivity index (χ3n) is 5.51. The van der Waals surface area contributed by atoms with Gasteiger partial charge >= 0.3 is 0 Å². The molecule has 162 valence electrons. The van der Waals surface area contributed by atoms with E-state index in [9.17, 15) is 19.2 Å². The number of nitrogens with zero attached hydrogens (tertiary/aromatic N) is 3. The molecule has 0 radical (unpaired) electrons. The second-order valence-electron chi connectivity index (χ2n) is 7.74. The van der Waals surface area contributed by atoms with Gasteiger partial charge in [-0.3, -0.25) is 24.1 Å². The van der Waals surface area contributed by atoms with Crippen LogP contribution in [0.3, 0.4) is 0 Å². The highest BCUT2D eigenvalue weighted by Crippen LogP contribution is 2.31. The first-order valence-electron chi connectivity index (χ1n) is 10.3. The van der Waals surface area contributed by atoms with Crippen LogP contribution in [0, 0.1) is 6.92 Å². The molecule has 4 amide bonds. The number of hydrazone groups is 1. The van der Waals surface area contributed by atoms with Crippen molar-refractivity contribution < 1.29 is 19.2 Å². The number of hydrogen-bond donors (Lipinski definition) is 1. The van der Waals surface area contributed by atoms with Crippen LogP contribution in [-0.4, -0.2) is 40.9 Å². The zero-order chi connectivity index (χ0) is 23.1. The lowest BCUT2D eigenvalue weighted by Crippen LogP contribution is -2.38. The van der Waals surface area contributed by atoms with Crippen molar-refractivity contribution in [2.24, 2.45) is 5.10 Å². The molecule has 3 aromatic carbocycles. The van der Waals surface area contributed by atoms with Crippen LogP contribution in [0.2, 0.25) is 0 Å². The lowest BCUT2D eigenvalue weighted by molar-refractivity contribution is -0.118. The molecule has 0 aliphatic carbocycles. The van der Waals surface area contributed by atoms with Gasteiger partial charge in [-0.05, 0) is 37.3 Å². The Hall–Kier alpha value is -4.59. The summed E-state index contributed by atoms with van der Waals surface area (Å²) < 4.78 is 0. The Morgan fingerprint density at radius 2 is 1.36 bits per heavy atom.